The van der Waals surface area contributed by atoms with Gasteiger partial charge in [0.15, 0.2) is 6.10 Å². The maximum absolute atomic E-state index is 12.8. The lowest BCUT2D eigenvalue weighted by Gasteiger charge is -2.34. The smallest absolute Gasteiger partial charge is 0.306 e. The third kappa shape index (κ3) is 45.9. The van der Waals surface area contributed by atoms with Crippen LogP contribution in [0.3, 0.4) is 0 Å². The third-order valence-corrected chi connectivity index (χ3v) is 11.9. The number of allylic oxidation sites excluding steroid dienone is 12. The van der Waals surface area contributed by atoms with Gasteiger partial charge in [-0.25, -0.2) is 0 Å². The number of carboxylic acid groups (broad SMARTS) is 1. The Balaban J connectivity index is 4.23. The summed E-state index contributed by atoms with van der Waals surface area (Å²) in [5.74, 6) is -1.74. The Kier molecular flexibility index (Phi) is 45.9. The van der Waals surface area contributed by atoms with E-state index in [9.17, 15) is 19.5 Å². The van der Waals surface area contributed by atoms with E-state index in [2.05, 4.69) is 86.8 Å². The predicted octanol–water partition coefficient (Wildman–Crippen LogP) is 14.5. The minimum atomic E-state index is -1.13. The molecule has 66 heavy (non-hydrogen) atoms. The number of rotatable bonds is 48. The number of nitrogens with zero attached hydrogens (tertiary/aromatic N) is 1. The molecule has 0 aliphatic heterocycles. The zero-order valence-electron chi connectivity index (χ0n) is 43.3. The summed E-state index contributed by atoms with van der Waals surface area (Å²) in [4.78, 5) is 37.1. The summed E-state index contributed by atoms with van der Waals surface area (Å²) < 4.78 is 17.3. The van der Waals surface area contributed by atoms with Gasteiger partial charge in [0.05, 0.1) is 40.3 Å². The number of hydrogen-bond acceptors (Lipinski definition) is 7. The standard InChI is InChI=1S/C58H101NO7/c1-6-8-10-12-14-16-18-20-22-24-26-28-29-31-32-34-36-38-40-42-44-46-48-56(60)65-53-54(52-64-51-50-55(58(62)63)59(3,4)5)66-57(61)49-47-45-43-41-39-37-35-33-30-27-25-23-21-19-17-15-13-11-9-7-2/h8,10,14,16-17,19-23,26,28,54-55H,6-7,9,11-13,15,18,24-25,27,29-53H2,1-5H3/b10-8+,16-14+,19-17+,22-20+,23-21+,28-26+. The molecule has 0 spiro atoms. The number of carbonyl (C=O) groups excluding carboxylic acids is 3. The molecule has 8 heteroatoms. The summed E-state index contributed by atoms with van der Waals surface area (Å²) in [5, 5.41) is 11.7. The molecule has 0 aliphatic carbocycles. The normalized spacial score (nSPS) is 13.4. The number of ether oxygens (including phenoxy) is 3. The fourth-order valence-electron chi connectivity index (χ4n) is 7.70. The monoisotopic (exact) mass is 924 g/mol. The fraction of sp³-hybridized carbons (Fsp3) is 0.741. The van der Waals surface area contributed by atoms with Crippen molar-refractivity contribution in [3.05, 3.63) is 72.9 Å². The largest absolute Gasteiger partial charge is 0.544 e. The molecule has 380 valence electrons. The van der Waals surface area contributed by atoms with E-state index in [4.69, 9.17) is 14.2 Å². The quantitative estimate of drug-likeness (QED) is 0.0197. The summed E-state index contributed by atoms with van der Waals surface area (Å²) in [7, 11) is 5.41. The van der Waals surface area contributed by atoms with E-state index in [0.29, 0.717) is 12.8 Å². The van der Waals surface area contributed by atoms with Crippen molar-refractivity contribution in [3.8, 4) is 0 Å². The number of aliphatic carboxylic acids is 1. The average Bonchev–Trinajstić information content (AvgIpc) is 3.28. The number of unbranched alkanes of at least 4 members (excludes halogenated alkanes) is 23. The van der Waals surface area contributed by atoms with Crippen molar-refractivity contribution in [1.29, 1.82) is 0 Å². The number of esters is 2. The van der Waals surface area contributed by atoms with Crippen molar-refractivity contribution < 1.29 is 38.2 Å². The van der Waals surface area contributed by atoms with Gasteiger partial charge in [-0.2, -0.15) is 0 Å². The minimum absolute atomic E-state index is 0.0354. The molecular weight excluding hydrogens is 823 g/mol. The van der Waals surface area contributed by atoms with Gasteiger partial charge < -0.3 is 28.6 Å². The zero-order chi connectivity index (χ0) is 48.4. The fourth-order valence-corrected chi connectivity index (χ4v) is 7.70. The van der Waals surface area contributed by atoms with E-state index in [0.717, 1.165) is 70.6 Å². The Bertz CT molecular complexity index is 1310. The Hall–Kier alpha value is -3.23. The second kappa shape index (κ2) is 48.2. The van der Waals surface area contributed by atoms with Crippen LogP contribution >= 0.6 is 0 Å². The highest BCUT2D eigenvalue weighted by Crippen LogP contribution is 2.15. The predicted molar refractivity (Wildman–Crippen MR) is 277 cm³/mol. The van der Waals surface area contributed by atoms with Gasteiger partial charge in [-0.3, -0.25) is 9.59 Å². The molecule has 0 N–H and O–H groups in total. The van der Waals surface area contributed by atoms with E-state index in [1.807, 2.05) is 0 Å². The first kappa shape index (κ1) is 62.8. The number of carbonyl (C=O) groups is 3. The summed E-state index contributed by atoms with van der Waals surface area (Å²) >= 11 is 0. The molecule has 0 saturated carbocycles. The van der Waals surface area contributed by atoms with Crippen molar-refractivity contribution in [3.63, 3.8) is 0 Å². The lowest BCUT2D eigenvalue weighted by molar-refractivity contribution is -0.889. The van der Waals surface area contributed by atoms with Gasteiger partial charge >= 0.3 is 11.9 Å². The van der Waals surface area contributed by atoms with Crippen molar-refractivity contribution >= 4 is 17.9 Å². The number of likely N-dealkylation sites (N-methyl/N-ethyl adjacent to an activating group) is 1. The average molecular weight is 924 g/mol. The topological polar surface area (TPSA) is 102 Å². The molecule has 0 heterocycles. The van der Waals surface area contributed by atoms with Crippen LogP contribution in [0.25, 0.3) is 0 Å². The Labute approximate surface area is 406 Å². The van der Waals surface area contributed by atoms with Crippen LogP contribution < -0.4 is 5.11 Å². The first-order chi connectivity index (χ1) is 32.1. The summed E-state index contributed by atoms with van der Waals surface area (Å²) in [5.41, 5.74) is 0. The van der Waals surface area contributed by atoms with Crippen LogP contribution in [0.15, 0.2) is 72.9 Å². The third-order valence-electron chi connectivity index (χ3n) is 11.9. The maximum atomic E-state index is 12.8. The second-order valence-corrected chi connectivity index (χ2v) is 19.1. The molecule has 0 aliphatic rings. The number of hydrogen-bond donors (Lipinski definition) is 0. The molecule has 0 amide bonds. The van der Waals surface area contributed by atoms with Crippen molar-refractivity contribution in [1.82, 2.24) is 0 Å². The van der Waals surface area contributed by atoms with E-state index >= 15 is 0 Å². The molecule has 2 unspecified atom stereocenters. The molecule has 0 saturated heterocycles. The van der Waals surface area contributed by atoms with Crippen LogP contribution in [0.1, 0.15) is 226 Å². The summed E-state index contributed by atoms with van der Waals surface area (Å²) in [6, 6.07) is -0.731. The van der Waals surface area contributed by atoms with Gasteiger partial charge in [-0.1, -0.05) is 202 Å². The highest BCUT2D eigenvalue weighted by Gasteiger charge is 2.25. The van der Waals surface area contributed by atoms with E-state index in [-0.39, 0.29) is 42.7 Å². The first-order valence-corrected chi connectivity index (χ1v) is 27.0. The van der Waals surface area contributed by atoms with Crippen LogP contribution in [0.5, 0.6) is 0 Å². The van der Waals surface area contributed by atoms with Gasteiger partial charge in [0.2, 0.25) is 0 Å². The van der Waals surface area contributed by atoms with E-state index in [1.54, 1.807) is 21.1 Å². The minimum Gasteiger partial charge on any atom is -0.544 e. The lowest BCUT2D eigenvalue weighted by Crippen LogP contribution is -2.55. The highest BCUT2D eigenvalue weighted by atomic mass is 16.6. The molecular formula is C58H101NO7. The van der Waals surface area contributed by atoms with Gasteiger partial charge in [0.1, 0.15) is 12.6 Å². The number of carboxylic acids is 1. The first-order valence-electron chi connectivity index (χ1n) is 27.0. The van der Waals surface area contributed by atoms with Crippen LogP contribution in [0.2, 0.25) is 0 Å². The maximum Gasteiger partial charge on any atom is 0.306 e. The molecule has 0 fully saturated rings. The Morgan fingerprint density at radius 3 is 1.35 bits per heavy atom. The summed E-state index contributed by atoms with van der Waals surface area (Å²) in [6.45, 7) is 4.54. The zero-order valence-corrected chi connectivity index (χ0v) is 43.3. The molecule has 0 bridgehead atoms. The van der Waals surface area contributed by atoms with Crippen molar-refractivity contribution in [2.24, 2.45) is 0 Å². The second-order valence-electron chi connectivity index (χ2n) is 19.1. The van der Waals surface area contributed by atoms with Crippen molar-refractivity contribution in [2.75, 3.05) is 41.0 Å². The van der Waals surface area contributed by atoms with E-state index < -0.39 is 18.1 Å². The lowest BCUT2D eigenvalue weighted by atomic mass is 10.1. The van der Waals surface area contributed by atoms with Crippen LogP contribution in [0, 0.1) is 0 Å². The van der Waals surface area contributed by atoms with Gasteiger partial charge in [0.25, 0.3) is 0 Å². The van der Waals surface area contributed by atoms with Crippen molar-refractivity contribution in [2.45, 2.75) is 238 Å². The molecule has 0 rings (SSSR count). The van der Waals surface area contributed by atoms with Gasteiger partial charge in [-0.05, 0) is 77.0 Å². The van der Waals surface area contributed by atoms with Crippen LogP contribution in [0.4, 0.5) is 0 Å². The van der Waals surface area contributed by atoms with E-state index in [1.165, 1.54) is 122 Å². The van der Waals surface area contributed by atoms with Gasteiger partial charge in [-0.15, -0.1) is 0 Å². The Morgan fingerprint density at radius 1 is 0.485 bits per heavy atom. The van der Waals surface area contributed by atoms with Crippen LogP contribution in [-0.2, 0) is 28.6 Å². The van der Waals surface area contributed by atoms with Crippen LogP contribution in [-0.4, -0.2) is 75.5 Å². The molecule has 0 aromatic heterocycles. The summed E-state index contributed by atoms with van der Waals surface area (Å²) in [6.07, 6.45) is 62.1. The number of quaternary nitrogens is 1. The van der Waals surface area contributed by atoms with Gasteiger partial charge in [0, 0.05) is 19.3 Å². The molecule has 2 atom stereocenters. The Morgan fingerprint density at radius 2 is 0.894 bits per heavy atom. The molecule has 0 radical (unpaired) electrons. The highest BCUT2D eigenvalue weighted by molar-refractivity contribution is 5.70. The SMILES string of the molecule is CC/C=C/C/C=C/C/C=C/C/C=C/CCCCCCCCCCCC(=O)OCC(COCCC(C(=O)[O-])[N+](C)(C)C)OC(=O)CCCCCCCCCCCC/C=C/C=C/CCCCCC. The molecule has 8 nitrogen and oxygen atoms in total. The molecule has 0 aromatic carbocycles. The molecule has 0 aromatic rings.